The second-order valence-corrected chi connectivity index (χ2v) is 5.00. The van der Waals surface area contributed by atoms with Gasteiger partial charge < -0.3 is 10.8 Å². The monoisotopic (exact) mass is 227 g/mol. The van der Waals surface area contributed by atoms with Gasteiger partial charge in [-0.1, -0.05) is 0 Å². The molecule has 3 N–H and O–H groups in total. The average molecular weight is 227 g/mol. The summed E-state index contributed by atoms with van der Waals surface area (Å²) in [7, 11) is 0. The van der Waals surface area contributed by atoms with Gasteiger partial charge in [0.2, 0.25) is 0 Å². The number of aliphatic hydroxyl groups is 1. The van der Waals surface area contributed by atoms with Crippen molar-refractivity contribution in [3.05, 3.63) is 22.7 Å². The third-order valence-electron chi connectivity index (χ3n) is 2.45. The van der Waals surface area contributed by atoms with Gasteiger partial charge in [-0.3, -0.25) is 4.57 Å². The van der Waals surface area contributed by atoms with Gasteiger partial charge >= 0.3 is 5.69 Å². The molecule has 82 valence electrons. The molecule has 2 heterocycles. The molecule has 15 heavy (non-hydrogen) atoms. The summed E-state index contributed by atoms with van der Waals surface area (Å²) in [5.74, 6) is 0.248. The van der Waals surface area contributed by atoms with E-state index in [1.807, 2.05) is 0 Å². The molecular formula is C9H13N3O2S. The maximum Gasteiger partial charge on any atom is 0.350 e. The fourth-order valence-electron chi connectivity index (χ4n) is 1.67. The predicted molar refractivity (Wildman–Crippen MR) is 59.6 cm³/mol. The number of hydrogen-bond acceptors (Lipinski definition) is 5. The summed E-state index contributed by atoms with van der Waals surface area (Å²) in [5, 5.41) is 9.32. The van der Waals surface area contributed by atoms with Crippen LogP contribution in [0.4, 0.5) is 5.82 Å². The molecule has 2 atom stereocenters. The predicted octanol–water partition coefficient (Wildman–Crippen LogP) is 0.212. The minimum absolute atomic E-state index is 0.0859. The molecule has 1 aliphatic heterocycles. The highest BCUT2D eigenvalue weighted by Crippen LogP contribution is 2.40. The molecule has 5 nitrogen and oxygen atoms in total. The van der Waals surface area contributed by atoms with Crippen molar-refractivity contribution < 1.29 is 5.11 Å². The van der Waals surface area contributed by atoms with E-state index in [1.165, 1.54) is 0 Å². The van der Waals surface area contributed by atoms with Gasteiger partial charge in [0.05, 0.1) is 12.0 Å². The number of aromatic nitrogens is 2. The summed E-state index contributed by atoms with van der Waals surface area (Å²) >= 11 is 1.62. The van der Waals surface area contributed by atoms with E-state index in [1.54, 1.807) is 28.6 Å². The first-order chi connectivity index (χ1) is 7.20. The topological polar surface area (TPSA) is 81.1 Å². The van der Waals surface area contributed by atoms with Crippen LogP contribution in [-0.4, -0.2) is 26.5 Å². The minimum atomic E-state index is -0.314. The Hall–Kier alpha value is -1.01. The minimum Gasteiger partial charge on any atom is -0.395 e. The van der Waals surface area contributed by atoms with Crippen molar-refractivity contribution >= 4 is 17.6 Å². The van der Waals surface area contributed by atoms with E-state index in [4.69, 9.17) is 10.8 Å². The first-order valence-electron chi connectivity index (χ1n) is 4.81. The molecule has 0 aromatic carbocycles. The standard InChI is InChI=1S/C9H13N3O2S/c10-7-3-4-12(9(14)11-7)8-2-1-6(5-13)15-8/h3-4,6,8,13H,1-2,5H2,(H2,10,11,14)/t6-,8-/m0/s1. The van der Waals surface area contributed by atoms with Crippen LogP contribution in [0.5, 0.6) is 0 Å². The van der Waals surface area contributed by atoms with Crippen LogP contribution in [-0.2, 0) is 0 Å². The normalized spacial score (nSPS) is 25.7. The summed E-state index contributed by atoms with van der Waals surface area (Å²) in [6.07, 6.45) is 3.49. The van der Waals surface area contributed by atoms with Crippen LogP contribution in [0.25, 0.3) is 0 Å². The summed E-state index contributed by atoms with van der Waals surface area (Å²) in [5.41, 5.74) is 5.09. The Morgan fingerprint density at radius 1 is 1.67 bits per heavy atom. The molecule has 0 bridgehead atoms. The van der Waals surface area contributed by atoms with Crippen molar-refractivity contribution in [2.45, 2.75) is 23.5 Å². The smallest absolute Gasteiger partial charge is 0.350 e. The molecule has 1 fully saturated rings. The van der Waals surface area contributed by atoms with Gasteiger partial charge in [-0.25, -0.2) is 4.79 Å². The molecule has 1 aromatic heterocycles. The zero-order chi connectivity index (χ0) is 10.8. The molecule has 1 aliphatic rings. The molecule has 2 rings (SSSR count). The number of aliphatic hydroxyl groups excluding tert-OH is 1. The number of rotatable bonds is 2. The van der Waals surface area contributed by atoms with Crippen molar-refractivity contribution in [1.82, 2.24) is 9.55 Å². The third kappa shape index (κ3) is 2.15. The van der Waals surface area contributed by atoms with Crippen molar-refractivity contribution in [2.24, 2.45) is 0 Å². The van der Waals surface area contributed by atoms with Gasteiger partial charge in [-0.05, 0) is 18.9 Å². The number of anilines is 1. The average Bonchev–Trinajstić information content (AvgIpc) is 2.66. The van der Waals surface area contributed by atoms with E-state index in [9.17, 15) is 4.79 Å². The fraction of sp³-hybridized carbons (Fsp3) is 0.556. The molecule has 0 unspecified atom stereocenters. The lowest BCUT2D eigenvalue weighted by molar-refractivity contribution is 0.292. The highest BCUT2D eigenvalue weighted by atomic mass is 32.2. The van der Waals surface area contributed by atoms with Crippen molar-refractivity contribution in [2.75, 3.05) is 12.3 Å². The number of nitrogen functional groups attached to an aromatic ring is 1. The van der Waals surface area contributed by atoms with Crippen LogP contribution in [0.1, 0.15) is 18.2 Å². The Balaban J connectivity index is 2.20. The van der Waals surface area contributed by atoms with Crippen LogP contribution in [0, 0.1) is 0 Å². The van der Waals surface area contributed by atoms with Gasteiger partial charge in [-0.15, -0.1) is 11.8 Å². The number of nitrogens with zero attached hydrogens (tertiary/aromatic N) is 2. The van der Waals surface area contributed by atoms with Crippen LogP contribution in [0.2, 0.25) is 0 Å². The Kier molecular flexibility index (Phi) is 2.97. The van der Waals surface area contributed by atoms with Gasteiger partial charge in [0.25, 0.3) is 0 Å². The Morgan fingerprint density at radius 2 is 2.47 bits per heavy atom. The van der Waals surface area contributed by atoms with E-state index in [-0.39, 0.29) is 28.7 Å². The first kappa shape index (κ1) is 10.5. The van der Waals surface area contributed by atoms with E-state index in [0.29, 0.717) is 0 Å². The SMILES string of the molecule is Nc1ccn([C@@H]2CC[C@@H](CO)S2)c(=O)n1. The van der Waals surface area contributed by atoms with Crippen molar-refractivity contribution in [3.63, 3.8) is 0 Å². The second-order valence-electron chi connectivity index (χ2n) is 3.51. The summed E-state index contributed by atoms with van der Waals surface area (Å²) in [6.45, 7) is 0.165. The summed E-state index contributed by atoms with van der Waals surface area (Å²) in [4.78, 5) is 15.2. The number of nitrogens with two attached hydrogens (primary N) is 1. The van der Waals surface area contributed by atoms with Crippen LogP contribution >= 0.6 is 11.8 Å². The third-order valence-corrected chi connectivity index (χ3v) is 4.00. The first-order valence-corrected chi connectivity index (χ1v) is 5.76. The molecule has 0 amide bonds. The van der Waals surface area contributed by atoms with Crippen LogP contribution < -0.4 is 11.4 Å². The van der Waals surface area contributed by atoms with Crippen molar-refractivity contribution in [1.29, 1.82) is 0 Å². The lowest BCUT2D eigenvalue weighted by Crippen LogP contribution is -2.24. The van der Waals surface area contributed by atoms with E-state index < -0.39 is 0 Å². The van der Waals surface area contributed by atoms with Gasteiger partial charge in [0.15, 0.2) is 0 Å². The van der Waals surface area contributed by atoms with Crippen LogP contribution in [0.3, 0.4) is 0 Å². The molecule has 1 saturated heterocycles. The molecule has 6 heteroatoms. The van der Waals surface area contributed by atoms with Gasteiger partial charge in [-0.2, -0.15) is 4.98 Å². The maximum atomic E-state index is 11.5. The molecular weight excluding hydrogens is 214 g/mol. The largest absolute Gasteiger partial charge is 0.395 e. The van der Waals surface area contributed by atoms with Gasteiger partial charge in [0, 0.05) is 11.4 Å². The molecule has 0 saturated carbocycles. The zero-order valence-corrected chi connectivity index (χ0v) is 8.98. The Labute approximate surface area is 91.3 Å². The zero-order valence-electron chi connectivity index (χ0n) is 8.17. The molecule has 0 aliphatic carbocycles. The highest BCUT2D eigenvalue weighted by molar-refractivity contribution is 8.00. The van der Waals surface area contributed by atoms with Gasteiger partial charge in [0.1, 0.15) is 5.82 Å². The molecule has 0 spiro atoms. The summed E-state index contributed by atoms with van der Waals surface area (Å²) < 4.78 is 1.58. The van der Waals surface area contributed by atoms with E-state index >= 15 is 0 Å². The van der Waals surface area contributed by atoms with E-state index in [2.05, 4.69) is 4.98 Å². The molecule has 0 radical (unpaired) electrons. The lowest BCUT2D eigenvalue weighted by Gasteiger charge is -2.12. The fourth-order valence-corrected chi connectivity index (χ4v) is 3.04. The number of hydrogen-bond donors (Lipinski definition) is 2. The van der Waals surface area contributed by atoms with E-state index in [0.717, 1.165) is 12.8 Å². The van der Waals surface area contributed by atoms with Crippen LogP contribution in [0.15, 0.2) is 17.1 Å². The maximum absolute atomic E-state index is 11.5. The Bertz CT molecular complexity index is 407. The molecule has 1 aromatic rings. The lowest BCUT2D eigenvalue weighted by atomic mass is 10.2. The highest BCUT2D eigenvalue weighted by Gasteiger charge is 2.26. The Morgan fingerprint density at radius 3 is 3.07 bits per heavy atom. The number of thioether (sulfide) groups is 1. The summed E-state index contributed by atoms with van der Waals surface area (Å²) in [6, 6.07) is 1.62. The second kappa shape index (κ2) is 4.24. The quantitative estimate of drug-likeness (QED) is 0.755. The van der Waals surface area contributed by atoms with Crippen molar-refractivity contribution in [3.8, 4) is 0 Å².